The molecule has 0 bridgehead atoms. The summed E-state index contributed by atoms with van der Waals surface area (Å²) in [5, 5.41) is 2.73. The Labute approximate surface area is 123 Å². The number of Topliss-reactive ketones (excluding diaryl/α,β-unsaturated/α-hetero) is 1. The predicted molar refractivity (Wildman–Crippen MR) is 76.5 cm³/mol. The zero-order chi connectivity index (χ0) is 14.9. The number of rotatable bonds is 3. The van der Waals surface area contributed by atoms with Crippen molar-refractivity contribution in [1.29, 1.82) is 0 Å². The molecule has 0 radical (unpaired) electrons. The highest BCUT2D eigenvalue weighted by atomic mass is 16.5. The molecule has 1 N–H and O–H groups in total. The fourth-order valence-electron chi connectivity index (χ4n) is 2.64. The van der Waals surface area contributed by atoms with E-state index in [4.69, 9.17) is 9.47 Å². The van der Waals surface area contributed by atoms with Crippen LogP contribution in [0.25, 0.3) is 0 Å². The smallest absolute Gasteiger partial charge is 0.262 e. The maximum Gasteiger partial charge on any atom is 0.262 e. The second kappa shape index (κ2) is 5.46. The molecule has 2 aliphatic heterocycles. The van der Waals surface area contributed by atoms with Crippen molar-refractivity contribution in [3.8, 4) is 5.75 Å². The van der Waals surface area contributed by atoms with Crippen LogP contribution in [0.5, 0.6) is 5.75 Å². The van der Waals surface area contributed by atoms with Gasteiger partial charge in [0.05, 0.1) is 25.9 Å². The number of fused-ring (bicyclic) bond motifs is 1. The van der Waals surface area contributed by atoms with E-state index in [9.17, 15) is 9.59 Å². The van der Waals surface area contributed by atoms with Crippen LogP contribution in [0, 0.1) is 0 Å². The Balaban J connectivity index is 1.75. The fraction of sp³-hybridized carbons (Fsp3) is 0.467. The number of benzene rings is 1. The number of amides is 1. The van der Waals surface area contributed by atoms with Crippen LogP contribution in [0.4, 0.5) is 5.69 Å². The number of nitrogens with zero attached hydrogens (tertiary/aromatic N) is 1. The molecule has 1 amide bonds. The van der Waals surface area contributed by atoms with Crippen molar-refractivity contribution in [2.24, 2.45) is 0 Å². The second-order valence-corrected chi connectivity index (χ2v) is 5.81. The molecular formula is C15H19N2O4+. The molecule has 0 aliphatic carbocycles. The molecule has 1 aromatic rings. The lowest BCUT2D eigenvalue weighted by Crippen LogP contribution is -2.54. The van der Waals surface area contributed by atoms with E-state index < -0.39 is 0 Å². The number of likely N-dealkylation sites (N-methyl/N-ethyl adjacent to an activating group) is 1. The Kier molecular flexibility index (Phi) is 3.65. The van der Waals surface area contributed by atoms with Crippen LogP contribution < -0.4 is 10.1 Å². The van der Waals surface area contributed by atoms with E-state index in [-0.39, 0.29) is 18.3 Å². The van der Waals surface area contributed by atoms with Gasteiger partial charge in [-0.25, -0.2) is 0 Å². The molecule has 0 saturated carbocycles. The van der Waals surface area contributed by atoms with E-state index in [0.29, 0.717) is 41.2 Å². The number of carbonyl (C=O) groups excluding carboxylic acids is 2. The molecular weight excluding hydrogens is 272 g/mol. The Bertz CT molecular complexity index is 579. The number of hydrogen-bond acceptors (Lipinski definition) is 4. The van der Waals surface area contributed by atoms with Gasteiger partial charge in [0.25, 0.3) is 5.91 Å². The number of anilines is 1. The van der Waals surface area contributed by atoms with Gasteiger partial charge in [-0.05, 0) is 18.2 Å². The molecule has 112 valence electrons. The molecule has 1 fully saturated rings. The number of hydrogen-bond donors (Lipinski definition) is 1. The third-order valence-electron chi connectivity index (χ3n) is 4.01. The molecule has 1 aromatic carbocycles. The summed E-state index contributed by atoms with van der Waals surface area (Å²) in [6.07, 6.45) is 0. The van der Waals surface area contributed by atoms with Crippen LogP contribution in [0.1, 0.15) is 10.4 Å². The van der Waals surface area contributed by atoms with Gasteiger partial charge in [-0.1, -0.05) is 0 Å². The van der Waals surface area contributed by atoms with Gasteiger partial charge in [0.2, 0.25) is 5.78 Å². The minimum absolute atomic E-state index is 0.0231. The molecule has 6 heteroatoms. The number of carbonyl (C=O) groups is 2. The Morgan fingerprint density at radius 1 is 1.33 bits per heavy atom. The normalized spacial score (nSPS) is 20.1. The van der Waals surface area contributed by atoms with E-state index in [2.05, 4.69) is 12.4 Å². The van der Waals surface area contributed by atoms with E-state index in [1.165, 1.54) is 0 Å². The second-order valence-electron chi connectivity index (χ2n) is 5.81. The molecule has 0 spiro atoms. The summed E-state index contributed by atoms with van der Waals surface area (Å²) < 4.78 is 11.3. The molecule has 0 aromatic heterocycles. The van der Waals surface area contributed by atoms with Crippen LogP contribution in [0.3, 0.4) is 0 Å². The van der Waals surface area contributed by atoms with Crippen LogP contribution in [-0.2, 0) is 9.53 Å². The molecule has 0 atom stereocenters. The Morgan fingerprint density at radius 2 is 2.10 bits per heavy atom. The number of ether oxygens (including phenoxy) is 2. The molecule has 2 heterocycles. The zero-order valence-corrected chi connectivity index (χ0v) is 12.1. The van der Waals surface area contributed by atoms with Gasteiger partial charge in [-0.2, -0.15) is 0 Å². The van der Waals surface area contributed by atoms with Crippen molar-refractivity contribution < 1.29 is 23.5 Å². The van der Waals surface area contributed by atoms with Gasteiger partial charge in [0, 0.05) is 5.56 Å². The standard InChI is InChI=1S/C15H18N2O4/c1-17(4-6-20-7-5-17)9-13(18)11-2-3-14-12(8-11)16-15(19)10-21-14/h2-3,8H,4-7,9-10H2,1H3/p+1. The summed E-state index contributed by atoms with van der Waals surface area (Å²) in [5.74, 6) is 0.485. The first-order valence-electron chi connectivity index (χ1n) is 7.07. The Hall–Kier alpha value is -1.92. The fourth-order valence-corrected chi connectivity index (χ4v) is 2.64. The first kappa shape index (κ1) is 14.0. The van der Waals surface area contributed by atoms with Crippen LogP contribution in [0.2, 0.25) is 0 Å². The van der Waals surface area contributed by atoms with E-state index in [0.717, 1.165) is 13.1 Å². The van der Waals surface area contributed by atoms with Crippen molar-refractivity contribution in [3.05, 3.63) is 23.8 Å². The highest BCUT2D eigenvalue weighted by Gasteiger charge is 2.29. The summed E-state index contributed by atoms with van der Waals surface area (Å²) in [4.78, 5) is 23.8. The van der Waals surface area contributed by atoms with Gasteiger partial charge in [0.15, 0.2) is 6.61 Å². The van der Waals surface area contributed by atoms with Crippen molar-refractivity contribution in [1.82, 2.24) is 0 Å². The average Bonchev–Trinajstić information content (AvgIpc) is 2.46. The van der Waals surface area contributed by atoms with Crippen molar-refractivity contribution in [2.75, 3.05) is 51.8 Å². The molecule has 6 nitrogen and oxygen atoms in total. The van der Waals surface area contributed by atoms with E-state index in [1.54, 1.807) is 18.2 Å². The van der Waals surface area contributed by atoms with Crippen molar-refractivity contribution in [3.63, 3.8) is 0 Å². The van der Waals surface area contributed by atoms with Crippen molar-refractivity contribution in [2.45, 2.75) is 0 Å². The minimum Gasteiger partial charge on any atom is -0.482 e. The number of quaternary nitrogens is 1. The van der Waals surface area contributed by atoms with E-state index >= 15 is 0 Å². The minimum atomic E-state index is -0.195. The SMILES string of the molecule is C[N+]1(CC(=O)c2ccc3c(c2)NC(=O)CO3)CCOCC1. The predicted octanol–water partition coefficient (Wildman–Crippen LogP) is 0.677. The first-order valence-corrected chi connectivity index (χ1v) is 7.07. The number of nitrogens with one attached hydrogen (secondary N) is 1. The molecule has 1 saturated heterocycles. The third-order valence-corrected chi connectivity index (χ3v) is 4.01. The van der Waals surface area contributed by atoms with Gasteiger partial charge < -0.3 is 19.3 Å². The van der Waals surface area contributed by atoms with Crippen LogP contribution in [-0.4, -0.2) is 62.7 Å². The summed E-state index contributed by atoms with van der Waals surface area (Å²) in [7, 11) is 2.07. The highest BCUT2D eigenvalue weighted by Crippen LogP contribution is 2.28. The summed E-state index contributed by atoms with van der Waals surface area (Å²) >= 11 is 0. The van der Waals surface area contributed by atoms with Gasteiger partial charge >= 0.3 is 0 Å². The quantitative estimate of drug-likeness (QED) is 0.657. The topological polar surface area (TPSA) is 64.6 Å². The lowest BCUT2D eigenvalue weighted by Gasteiger charge is -2.36. The molecule has 3 rings (SSSR count). The zero-order valence-electron chi connectivity index (χ0n) is 12.1. The first-order chi connectivity index (χ1) is 10.1. The maximum atomic E-state index is 12.5. The van der Waals surface area contributed by atoms with Gasteiger partial charge in [0.1, 0.15) is 25.4 Å². The van der Waals surface area contributed by atoms with Crippen LogP contribution in [0.15, 0.2) is 18.2 Å². The molecule has 0 unspecified atom stereocenters. The maximum absolute atomic E-state index is 12.5. The lowest BCUT2D eigenvalue weighted by molar-refractivity contribution is -0.908. The molecule has 21 heavy (non-hydrogen) atoms. The van der Waals surface area contributed by atoms with Crippen LogP contribution >= 0.6 is 0 Å². The summed E-state index contributed by atoms with van der Waals surface area (Å²) in [6.45, 7) is 3.54. The van der Waals surface area contributed by atoms with Gasteiger partial charge in [-0.15, -0.1) is 0 Å². The lowest BCUT2D eigenvalue weighted by atomic mass is 10.1. The van der Waals surface area contributed by atoms with Crippen molar-refractivity contribution >= 4 is 17.4 Å². The number of ketones is 1. The Morgan fingerprint density at radius 3 is 2.86 bits per heavy atom. The monoisotopic (exact) mass is 291 g/mol. The van der Waals surface area contributed by atoms with Gasteiger partial charge in [-0.3, -0.25) is 9.59 Å². The summed E-state index contributed by atoms with van der Waals surface area (Å²) in [5.41, 5.74) is 1.17. The highest BCUT2D eigenvalue weighted by molar-refractivity contribution is 6.01. The summed E-state index contributed by atoms with van der Waals surface area (Å²) in [6, 6.07) is 5.19. The molecule has 2 aliphatic rings. The van der Waals surface area contributed by atoms with E-state index in [1.807, 2.05) is 0 Å². The average molecular weight is 291 g/mol. The third kappa shape index (κ3) is 3.06. The largest absolute Gasteiger partial charge is 0.482 e. The number of morpholine rings is 1.